The Bertz CT molecular complexity index is 598. The Morgan fingerprint density at radius 1 is 1.40 bits per heavy atom. The second kappa shape index (κ2) is 7.99. The molecule has 138 valence electrons. The number of ether oxygens (including phenoxy) is 2. The number of aryl methyl sites for hydroxylation is 1. The lowest BCUT2D eigenvalue weighted by Gasteiger charge is -2.41. The summed E-state index contributed by atoms with van der Waals surface area (Å²) in [5.41, 5.74) is 0.833. The summed E-state index contributed by atoms with van der Waals surface area (Å²) in [6.45, 7) is 7.89. The van der Waals surface area contributed by atoms with Gasteiger partial charge in [0.05, 0.1) is 13.0 Å². The van der Waals surface area contributed by atoms with Crippen LogP contribution in [0.4, 0.5) is 5.82 Å². The quantitative estimate of drug-likeness (QED) is 0.844. The van der Waals surface area contributed by atoms with Crippen molar-refractivity contribution in [1.82, 2.24) is 14.9 Å². The van der Waals surface area contributed by atoms with Gasteiger partial charge in [-0.05, 0) is 31.6 Å². The van der Waals surface area contributed by atoms with Crippen molar-refractivity contribution in [3.05, 3.63) is 11.8 Å². The van der Waals surface area contributed by atoms with Crippen molar-refractivity contribution in [2.24, 2.45) is 17.8 Å². The lowest BCUT2D eigenvalue weighted by molar-refractivity contribution is -0.144. The number of hydrogen-bond donors (Lipinski definition) is 1. The average Bonchev–Trinajstić information content (AvgIpc) is 2.59. The number of amides is 1. The maximum atomic E-state index is 13.0. The molecule has 3 rings (SSSR count). The van der Waals surface area contributed by atoms with Gasteiger partial charge in [-0.1, -0.05) is 6.92 Å². The first kappa shape index (κ1) is 17.9. The predicted octanol–water partition coefficient (Wildman–Crippen LogP) is 1.73. The SMILES string of the molecule is COc1nc(C)cc(NCC(C(=O)N2CC(C)C2)C2CCOCC2)n1. The van der Waals surface area contributed by atoms with E-state index in [4.69, 9.17) is 9.47 Å². The Morgan fingerprint density at radius 3 is 2.76 bits per heavy atom. The molecule has 1 unspecified atom stereocenters. The second-order valence-electron chi connectivity index (χ2n) is 7.17. The molecule has 7 heteroatoms. The summed E-state index contributed by atoms with van der Waals surface area (Å²) in [5.74, 6) is 1.88. The van der Waals surface area contributed by atoms with E-state index in [-0.39, 0.29) is 11.8 Å². The first-order valence-corrected chi connectivity index (χ1v) is 9.07. The highest BCUT2D eigenvalue weighted by Gasteiger charge is 2.36. The molecule has 7 nitrogen and oxygen atoms in total. The van der Waals surface area contributed by atoms with Crippen LogP contribution in [0.1, 0.15) is 25.5 Å². The fraction of sp³-hybridized carbons (Fsp3) is 0.722. The van der Waals surface area contributed by atoms with Crippen LogP contribution in [0.15, 0.2) is 6.07 Å². The van der Waals surface area contributed by atoms with Gasteiger partial charge in [0.2, 0.25) is 5.91 Å². The smallest absolute Gasteiger partial charge is 0.318 e. The van der Waals surface area contributed by atoms with Crippen molar-refractivity contribution >= 4 is 11.7 Å². The largest absolute Gasteiger partial charge is 0.467 e. The molecule has 1 atom stereocenters. The number of hydrogen-bond acceptors (Lipinski definition) is 6. The van der Waals surface area contributed by atoms with Gasteiger partial charge in [-0.3, -0.25) is 4.79 Å². The number of likely N-dealkylation sites (tertiary alicyclic amines) is 1. The Hall–Kier alpha value is -1.89. The minimum atomic E-state index is -0.0438. The van der Waals surface area contributed by atoms with Crippen molar-refractivity contribution in [1.29, 1.82) is 0 Å². The Kier molecular flexibility index (Phi) is 5.73. The zero-order chi connectivity index (χ0) is 17.8. The number of carbonyl (C=O) groups is 1. The molecule has 0 saturated carbocycles. The Balaban J connectivity index is 1.68. The third-order valence-electron chi connectivity index (χ3n) is 5.05. The van der Waals surface area contributed by atoms with Crippen LogP contribution in [0, 0.1) is 24.7 Å². The van der Waals surface area contributed by atoms with Crippen molar-refractivity contribution in [3.63, 3.8) is 0 Å². The van der Waals surface area contributed by atoms with E-state index in [9.17, 15) is 4.79 Å². The second-order valence-corrected chi connectivity index (χ2v) is 7.17. The molecule has 1 aromatic rings. The standard InChI is InChI=1S/C18H28N4O3/c1-12-10-22(11-12)17(23)15(14-4-6-25-7-5-14)9-19-16-8-13(2)20-18(21-16)24-3/h8,12,14-15H,4-7,9-11H2,1-3H3,(H,19,20,21). The molecule has 2 fully saturated rings. The summed E-state index contributed by atoms with van der Waals surface area (Å²) >= 11 is 0. The van der Waals surface area contributed by atoms with E-state index < -0.39 is 0 Å². The molecule has 2 saturated heterocycles. The lowest BCUT2D eigenvalue weighted by atomic mass is 9.83. The Morgan fingerprint density at radius 2 is 2.12 bits per heavy atom. The summed E-state index contributed by atoms with van der Waals surface area (Å²) < 4.78 is 10.6. The molecule has 0 aliphatic carbocycles. The van der Waals surface area contributed by atoms with Crippen LogP contribution in [-0.2, 0) is 9.53 Å². The highest BCUT2D eigenvalue weighted by atomic mass is 16.5. The zero-order valence-corrected chi connectivity index (χ0v) is 15.3. The van der Waals surface area contributed by atoms with Crippen molar-refractivity contribution in [3.8, 4) is 6.01 Å². The van der Waals surface area contributed by atoms with Crippen molar-refractivity contribution in [2.45, 2.75) is 26.7 Å². The number of anilines is 1. The van der Waals surface area contributed by atoms with E-state index in [1.54, 1.807) is 7.11 Å². The van der Waals surface area contributed by atoms with Gasteiger partial charge in [0.1, 0.15) is 5.82 Å². The molecule has 2 aliphatic heterocycles. The zero-order valence-electron chi connectivity index (χ0n) is 15.3. The molecule has 2 aliphatic rings. The number of methoxy groups -OCH3 is 1. The maximum Gasteiger partial charge on any atom is 0.318 e. The van der Waals surface area contributed by atoms with Crippen LogP contribution in [0.3, 0.4) is 0 Å². The molecule has 0 spiro atoms. The normalized spacial score (nSPS) is 20.0. The highest BCUT2D eigenvalue weighted by molar-refractivity contribution is 5.80. The van der Waals surface area contributed by atoms with Gasteiger partial charge in [0, 0.05) is 44.6 Å². The molecule has 0 radical (unpaired) electrons. The van der Waals surface area contributed by atoms with Gasteiger partial charge in [-0.15, -0.1) is 0 Å². The monoisotopic (exact) mass is 348 g/mol. The highest BCUT2D eigenvalue weighted by Crippen LogP contribution is 2.28. The summed E-state index contributed by atoms with van der Waals surface area (Å²) in [4.78, 5) is 23.5. The first-order chi connectivity index (χ1) is 12.1. The van der Waals surface area contributed by atoms with Crippen LogP contribution >= 0.6 is 0 Å². The third kappa shape index (κ3) is 4.39. The van der Waals surface area contributed by atoms with Gasteiger partial charge in [-0.2, -0.15) is 4.98 Å². The molecule has 25 heavy (non-hydrogen) atoms. The molecular formula is C18H28N4O3. The maximum absolute atomic E-state index is 13.0. The average molecular weight is 348 g/mol. The van der Waals surface area contributed by atoms with Gasteiger partial charge >= 0.3 is 6.01 Å². The van der Waals surface area contributed by atoms with Crippen molar-refractivity contribution in [2.75, 3.05) is 45.3 Å². The molecule has 1 N–H and O–H groups in total. The van der Waals surface area contributed by atoms with Gasteiger partial charge in [0.15, 0.2) is 0 Å². The molecule has 3 heterocycles. The van der Waals surface area contributed by atoms with Crippen LogP contribution in [0.2, 0.25) is 0 Å². The third-order valence-corrected chi connectivity index (χ3v) is 5.05. The van der Waals surface area contributed by atoms with E-state index in [0.717, 1.165) is 44.8 Å². The van der Waals surface area contributed by atoms with E-state index >= 15 is 0 Å². The van der Waals surface area contributed by atoms with Crippen LogP contribution in [0.25, 0.3) is 0 Å². The fourth-order valence-electron chi connectivity index (χ4n) is 3.62. The number of nitrogens with zero attached hydrogens (tertiary/aromatic N) is 3. The Labute approximate surface area is 149 Å². The van der Waals surface area contributed by atoms with Crippen LogP contribution < -0.4 is 10.1 Å². The summed E-state index contributed by atoms with van der Waals surface area (Å²) in [6.07, 6.45) is 1.88. The summed E-state index contributed by atoms with van der Waals surface area (Å²) in [6, 6.07) is 2.22. The van der Waals surface area contributed by atoms with Gasteiger partial charge in [-0.25, -0.2) is 4.98 Å². The van der Waals surface area contributed by atoms with Crippen LogP contribution in [-0.4, -0.2) is 60.7 Å². The van der Waals surface area contributed by atoms with Gasteiger partial charge < -0.3 is 19.7 Å². The minimum absolute atomic E-state index is 0.0438. The van der Waals surface area contributed by atoms with Crippen LogP contribution in [0.5, 0.6) is 6.01 Å². The number of rotatable bonds is 6. The molecule has 1 aromatic heterocycles. The molecule has 0 aromatic carbocycles. The molecule has 0 bridgehead atoms. The lowest BCUT2D eigenvalue weighted by Crippen LogP contribution is -2.53. The number of carbonyl (C=O) groups excluding carboxylic acids is 1. The van der Waals surface area contributed by atoms with E-state index in [1.165, 1.54) is 0 Å². The summed E-state index contributed by atoms with van der Waals surface area (Å²) in [7, 11) is 1.55. The number of nitrogens with one attached hydrogen (secondary N) is 1. The van der Waals surface area contributed by atoms with Gasteiger partial charge in [0.25, 0.3) is 0 Å². The summed E-state index contributed by atoms with van der Waals surface area (Å²) in [5, 5.41) is 3.33. The van der Waals surface area contributed by atoms with E-state index in [0.29, 0.717) is 30.2 Å². The van der Waals surface area contributed by atoms with Crippen molar-refractivity contribution < 1.29 is 14.3 Å². The minimum Gasteiger partial charge on any atom is -0.467 e. The number of aromatic nitrogens is 2. The van der Waals surface area contributed by atoms with E-state index in [2.05, 4.69) is 22.2 Å². The first-order valence-electron chi connectivity index (χ1n) is 9.07. The molecule has 1 amide bonds. The predicted molar refractivity (Wildman–Crippen MR) is 94.6 cm³/mol. The van der Waals surface area contributed by atoms with E-state index in [1.807, 2.05) is 17.9 Å². The topological polar surface area (TPSA) is 76.6 Å². The fourth-order valence-corrected chi connectivity index (χ4v) is 3.62. The molecular weight excluding hydrogens is 320 g/mol.